The molecule has 0 aromatic carbocycles. The van der Waals surface area contributed by atoms with Crippen LogP contribution in [0, 0.1) is 11.8 Å². The van der Waals surface area contributed by atoms with Gasteiger partial charge in [-0.15, -0.1) is 0 Å². The van der Waals surface area contributed by atoms with Gasteiger partial charge in [0.2, 0.25) is 0 Å². The Balaban J connectivity index is 3.94. The molecule has 0 radical (unpaired) electrons. The minimum Gasteiger partial charge on any atom is -0.323 e. The summed E-state index contributed by atoms with van der Waals surface area (Å²) in [6.45, 7) is 6.30. The minimum atomic E-state index is -0.544. The molecule has 0 aromatic heterocycles. The predicted octanol–water partition coefficient (Wildman–Crippen LogP) is 2.96. The molecule has 0 saturated carbocycles. The van der Waals surface area contributed by atoms with E-state index in [1.54, 1.807) is 6.21 Å². The third kappa shape index (κ3) is 7.04. The van der Waals surface area contributed by atoms with E-state index in [4.69, 9.17) is 0 Å². The van der Waals surface area contributed by atoms with Crippen molar-refractivity contribution < 1.29 is 9.63 Å². The van der Waals surface area contributed by atoms with Gasteiger partial charge in [-0.25, -0.2) is 4.79 Å². The van der Waals surface area contributed by atoms with Crippen LogP contribution >= 0.6 is 0 Å². The molecule has 2 atom stereocenters. The van der Waals surface area contributed by atoms with Crippen molar-refractivity contribution in [3.05, 3.63) is 12.2 Å². The number of carbonyl (C=O) groups excluding carboxylic acids is 1. The van der Waals surface area contributed by atoms with Gasteiger partial charge in [-0.3, -0.25) is 4.84 Å². The number of hydrogen-bond acceptors (Lipinski definition) is 3. The van der Waals surface area contributed by atoms with Crippen molar-refractivity contribution in [1.29, 1.82) is 0 Å². The molecule has 1 N–H and O–H groups in total. The molecule has 0 saturated heterocycles. The summed E-state index contributed by atoms with van der Waals surface area (Å²) < 4.78 is 0. The summed E-state index contributed by atoms with van der Waals surface area (Å²) in [5.41, 5.74) is 0. The lowest BCUT2D eigenvalue weighted by molar-refractivity contribution is 0.153. The highest BCUT2D eigenvalue weighted by atomic mass is 16.7. The van der Waals surface area contributed by atoms with Crippen molar-refractivity contribution in [3.63, 3.8) is 0 Å². The number of nitrogens with zero attached hydrogens (tertiary/aromatic N) is 1. The molecular formula is C12H22N2O2. The van der Waals surface area contributed by atoms with Gasteiger partial charge < -0.3 is 5.32 Å². The largest absolute Gasteiger partial charge is 0.433 e. The fourth-order valence-corrected chi connectivity index (χ4v) is 1.01. The zero-order chi connectivity index (χ0) is 12.4. The Labute approximate surface area is 97.7 Å². The summed E-state index contributed by atoms with van der Waals surface area (Å²) in [6, 6.07) is 0. The van der Waals surface area contributed by atoms with E-state index in [0.29, 0.717) is 5.92 Å². The van der Waals surface area contributed by atoms with Crippen LogP contribution in [0.5, 0.6) is 0 Å². The molecule has 0 rings (SSSR count). The van der Waals surface area contributed by atoms with Crippen LogP contribution < -0.4 is 5.32 Å². The maximum atomic E-state index is 10.7. The number of unbranched alkanes of at least 4 members (excludes halogenated alkanes) is 1. The summed E-state index contributed by atoms with van der Waals surface area (Å²) in [6.07, 6.45) is 7.71. The van der Waals surface area contributed by atoms with Crippen LogP contribution in [0.3, 0.4) is 0 Å². The van der Waals surface area contributed by atoms with Gasteiger partial charge in [0, 0.05) is 19.2 Å². The fourth-order valence-electron chi connectivity index (χ4n) is 1.01. The molecule has 0 aromatic rings. The molecule has 1 amide bonds. The van der Waals surface area contributed by atoms with Crippen molar-refractivity contribution >= 4 is 12.3 Å². The number of hydrogen-bond donors (Lipinski definition) is 1. The normalized spacial score (nSPS) is 15.2. The van der Waals surface area contributed by atoms with E-state index in [1.807, 2.05) is 6.92 Å². The van der Waals surface area contributed by atoms with Crippen LogP contribution in [-0.2, 0) is 4.84 Å². The number of nitrogens with one attached hydrogen (secondary N) is 1. The van der Waals surface area contributed by atoms with E-state index < -0.39 is 6.09 Å². The molecule has 0 fully saturated rings. The third-order valence-electron chi connectivity index (χ3n) is 2.36. The second-order valence-corrected chi connectivity index (χ2v) is 3.82. The second-order valence-electron chi connectivity index (χ2n) is 3.82. The van der Waals surface area contributed by atoms with E-state index in [1.165, 1.54) is 7.05 Å². The average Bonchev–Trinajstić information content (AvgIpc) is 2.28. The maximum absolute atomic E-state index is 10.7. The van der Waals surface area contributed by atoms with Crippen LogP contribution in [0.2, 0.25) is 0 Å². The smallest absolute Gasteiger partial charge is 0.323 e. The van der Waals surface area contributed by atoms with Crippen LogP contribution in [0.4, 0.5) is 4.79 Å². The molecule has 0 aliphatic heterocycles. The van der Waals surface area contributed by atoms with E-state index >= 15 is 0 Å². The lowest BCUT2D eigenvalue weighted by atomic mass is 9.96. The zero-order valence-electron chi connectivity index (χ0n) is 10.6. The summed E-state index contributed by atoms with van der Waals surface area (Å²) >= 11 is 0. The molecular weight excluding hydrogens is 204 g/mol. The lowest BCUT2D eigenvalue weighted by Crippen LogP contribution is -2.17. The first-order valence-corrected chi connectivity index (χ1v) is 5.70. The molecule has 16 heavy (non-hydrogen) atoms. The summed E-state index contributed by atoms with van der Waals surface area (Å²) in [5, 5.41) is 5.94. The van der Waals surface area contributed by atoms with Gasteiger partial charge in [-0.2, -0.15) is 0 Å². The molecule has 0 aliphatic carbocycles. The summed E-state index contributed by atoms with van der Waals surface area (Å²) in [4.78, 5) is 15.2. The molecule has 4 heteroatoms. The minimum absolute atomic E-state index is 0.248. The van der Waals surface area contributed by atoms with Gasteiger partial charge in [0.05, 0.1) is 0 Å². The Morgan fingerprint density at radius 3 is 2.69 bits per heavy atom. The van der Waals surface area contributed by atoms with E-state index in [2.05, 4.69) is 41.3 Å². The van der Waals surface area contributed by atoms with Crippen molar-refractivity contribution in [1.82, 2.24) is 5.32 Å². The number of rotatable bonds is 6. The molecule has 92 valence electrons. The zero-order valence-corrected chi connectivity index (χ0v) is 10.6. The first-order chi connectivity index (χ1) is 7.61. The van der Waals surface area contributed by atoms with Crippen LogP contribution in [0.1, 0.15) is 33.6 Å². The lowest BCUT2D eigenvalue weighted by Gasteiger charge is -2.10. The Kier molecular flexibility index (Phi) is 8.21. The van der Waals surface area contributed by atoms with Crippen molar-refractivity contribution in [2.45, 2.75) is 33.6 Å². The van der Waals surface area contributed by atoms with Crippen molar-refractivity contribution in [2.75, 3.05) is 7.05 Å². The summed E-state index contributed by atoms with van der Waals surface area (Å²) in [5.74, 6) is 0.640. The maximum Gasteiger partial charge on any atom is 0.433 e. The van der Waals surface area contributed by atoms with Gasteiger partial charge in [0.15, 0.2) is 0 Å². The van der Waals surface area contributed by atoms with Gasteiger partial charge in [-0.1, -0.05) is 44.5 Å². The Bertz CT molecular complexity index is 249. The molecule has 0 spiro atoms. The van der Waals surface area contributed by atoms with Gasteiger partial charge in [0.25, 0.3) is 0 Å². The Morgan fingerprint density at radius 1 is 1.44 bits per heavy atom. The molecule has 2 unspecified atom stereocenters. The van der Waals surface area contributed by atoms with Crippen LogP contribution in [0.15, 0.2) is 17.3 Å². The van der Waals surface area contributed by atoms with Gasteiger partial charge in [0.1, 0.15) is 0 Å². The highest BCUT2D eigenvalue weighted by molar-refractivity contribution is 5.68. The van der Waals surface area contributed by atoms with E-state index in [9.17, 15) is 4.79 Å². The topological polar surface area (TPSA) is 50.7 Å². The molecule has 4 nitrogen and oxygen atoms in total. The highest BCUT2D eigenvalue weighted by Crippen LogP contribution is 2.10. The van der Waals surface area contributed by atoms with Gasteiger partial charge >= 0.3 is 6.09 Å². The quantitative estimate of drug-likeness (QED) is 0.327. The van der Waals surface area contributed by atoms with E-state index in [0.717, 1.165) is 12.8 Å². The second kappa shape index (κ2) is 8.95. The standard InChI is InChI=1S/C12H22N2O2/c1-5-6-7-8-10(2)11(3)9-14-16-12(15)13-4/h7-11H,5-6H2,1-4H3,(H,13,15)/b8-7+,14-9+. The third-order valence-corrected chi connectivity index (χ3v) is 2.36. The van der Waals surface area contributed by atoms with Crippen molar-refractivity contribution in [3.8, 4) is 0 Å². The summed E-state index contributed by atoms with van der Waals surface area (Å²) in [7, 11) is 1.50. The Morgan fingerprint density at radius 2 is 2.12 bits per heavy atom. The number of allylic oxidation sites excluding steroid dienone is 2. The average molecular weight is 226 g/mol. The van der Waals surface area contributed by atoms with Crippen LogP contribution in [0.25, 0.3) is 0 Å². The first kappa shape index (κ1) is 14.7. The number of oxime groups is 1. The fraction of sp³-hybridized carbons (Fsp3) is 0.667. The number of carbonyl (C=O) groups is 1. The highest BCUT2D eigenvalue weighted by Gasteiger charge is 2.06. The molecule has 0 heterocycles. The van der Waals surface area contributed by atoms with Crippen molar-refractivity contribution in [2.24, 2.45) is 17.0 Å². The SMILES string of the molecule is CCC/C=C/C(C)C(C)/C=N/OC(=O)NC. The van der Waals surface area contributed by atoms with Crippen LogP contribution in [-0.4, -0.2) is 19.4 Å². The first-order valence-electron chi connectivity index (χ1n) is 5.70. The molecule has 0 aliphatic rings. The predicted molar refractivity (Wildman–Crippen MR) is 66.4 cm³/mol. The molecule has 0 bridgehead atoms. The van der Waals surface area contributed by atoms with E-state index in [-0.39, 0.29) is 5.92 Å². The van der Waals surface area contributed by atoms with Gasteiger partial charge in [-0.05, 0) is 12.3 Å². The number of amides is 1. The Hall–Kier alpha value is -1.32. The monoisotopic (exact) mass is 226 g/mol.